The van der Waals surface area contributed by atoms with Gasteiger partial charge in [0, 0.05) is 0 Å². The van der Waals surface area contributed by atoms with Crippen molar-refractivity contribution in [2.45, 2.75) is 6.92 Å². The highest BCUT2D eigenvalue weighted by molar-refractivity contribution is 5.96. The molecular formula is C16H15NO4. The van der Waals surface area contributed by atoms with Gasteiger partial charge in [0.1, 0.15) is 5.75 Å². The molecule has 2 rings (SSSR count). The molecule has 0 fully saturated rings. The Hall–Kier alpha value is -2.82. The normalized spacial score (nSPS) is 11.6. The van der Waals surface area contributed by atoms with Crippen LogP contribution in [0.15, 0.2) is 58.3 Å². The molecule has 0 aliphatic heterocycles. The zero-order valence-corrected chi connectivity index (χ0v) is 11.8. The number of oxime groups is 1. The summed E-state index contributed by atoms with van der Waals surface area (Å²) in [4.78, 5) is 16.3. The summed E-state index contributed by atoms with van der Waals surface area (Å²) < 4.78 is 9.99. The molecule has 0 amide bonds. The summed E-state index contributed by atoms with van der Waals surface area (Å²) in [6.45, 7) is 1.73. The lowest BCUT2D eigenvalue weighted by Gasteiger charge is -1.99. The van der Waals surface area contributed by atoms with Crippen LogP contribution in [0.5, 0.6) is 5.75 Å². The van der Waals surface area contributed by atoms with Gasteiger partial charge in [0.15, 0.2) is 0 Å². The Balaban J connectivity index is 1.93. The van der Waals surface area contributed by atoms with E-state index in [1.165, 1.54) is 12.3 Å². The number of allylic oxidation sites excluding steroid dienone is 1. The maximum Gasteiger partial charge on any atom is 0.400 e. The third kappa shape index (κ3) is 4.35. The monoisotopic (exact) mass is 285 g/mol. The number of ether oxygens (including phenoxy) is 1. The second kappa shape index (κ2) is 7.09. The average molecular weight is 285 g/mol. The quantitative estimate of drug-likeness (QED) is 0.479. The molecule has 0 spiro atoms. The molecule has 0 atom stereocenters. The second-order valence-corrected chi connectivity index (χ2v) is 4.20. The molecule has 5 heteroatoms. The first-order chi connectivity index (χ1) is 10.2. The summed E-state index contributed by atoms with van der Waals surface area (Å²) in [6.07, 6.45) is 5.01. The molecule has 2 aromatic rings. The lowest BCUT2D eigenvalue weighted by molar-refractivity contribution is 0.0480. The van der Waals surface area contributed by atoms with Crippen LogP contribution in [0.2, 0.25) is 0 Å². The summed E-state index contributed by atoms with van der Waals surface area (Å²) >= 11 is 0. The van der Waals surface area contributed by atoms with E-state index in [-0.39, 0.29) is 5.76 Å². The molecule has 1 aromatic heterocycles. The van der Waals surface area contributed by atoms with Crippen molar-refractivity contribution in [3.8, 4) is 5.75 Å². The molecule has 0 aliphatic carbocycles. The van der Waals surface area contributed by atoms with Gasteiger partial charge in [0.2, 0.25) is 5.76 Å². The molecule has 1 aromatic carbocycles. The summed E-state index contributed by atoms with van der Waals surface area (Å²) in [6, 6.07) is 10.7. The third-order valence-corrected chi connectivity index (χ3v) is 2.63. The molecule has 21 heavy (non-hydrogen) atoms. The number of benzene rings is 1. The molecule has 108 valence electrons. The Labute approximate surface area is 122 Å². The van der Waals surface area contributed by atoms with Crippen LogP contribution in [-0.2, 0) is 4.84 Å². The van der Waals surface area contributed by atoms with Crippen molar-refractivity contribution in [2.24, 2.45) is 5.16 Å². The molecular weight excluding hydrogens is 270 g/mol. The van der Waals surface area contributed by atoms with Gasteiger partial charge in [-0.2, -0.15) is 0 Å². The van der Waals surface area contributed by atoms with E-state index in [4.69, 9.17) is 14.0 Å². The zero-order valence-electron chi connectivity index (χ0n) is 11.8. The highest BCUT2D eigenvalue weighted by Crippen LogP contribution is 2.12. The molecule has 0 unspecified atom stereocenters. The van der Waals surface area contributed by atoms with Crippen LogP contribution in [0.3, 0.4) is 0 Å². The SMILES string of the molecule is COc1ccc(/C=C/C(C)=N/OC(=O)c2ccco2)cc1. The fourth-order valence-corrected chi connectivity index (χ4v) is 1.52. The number of hydrogen-bond donors (Lipinski definition) is 0. The van der Waals surface area contributed by atoms with Crippen LogP contribution in [0.4, 0.5) is 0 Å². The van der Waals surface area contributed by atoms with Crippen LogP contribution < -0.4 is 4.74 Å². The van der Waals surface area contributed by atoms with Crippen LogP contribution >= 0.6 is 0 Å². The number of carbonyl (C=O) groups is 1. The van der Waals surface area contributed by atoms with E-state index >= 15 is 0 Å². The lowest BCUT2D eigenvalue weighted by Crippen LogP contribution is -2.00. The van der Waals surface area contributed by atoms with E-state index < -0.39 is 5.97 Å². The number of methoxy groups -OCH3 is 1. The Kier molecular flexibility index (Phi) is 4.93. The summed E-state index contributed by atoms with van der Waals surface area (Å²) in [7, 11) is 1.62. The van der Waals surface area contributed by atoms with E-state index in [1.54, 1.807) is 26.2 Å². The van der Waals surface area contributed by atoms with E-state index in [1.807, 2.05) is 30.3 Å². The minimum atomic E-state index is -0.628. The number of furan rings is 1. The Morgan fingerprint density at radius 3 is 2.62 bits per heavy atom. The predicted octanol–water partition coefficient (Wildman–Crippen LogP) is 3.53. The van der Waals surface area contributed by atoms with Crippen molar-refractivity contribution < 1.29 is 18.8 Å². The Morgan fingerprint density at radius 1 is 1.24 bits per heavy atom. The van der Waals surface area contributed by atoms with Gasteiger partial charge in [-0.05, 0) is 42.8 Å². The molecule has 0 saturated carbocycles. The topological polar surface area (TPSA) is 61.0 Å². The highest BCUT2D eigenvalue weighted by atomic mass is 16.7. The van der Waals surface area contributed by atoms with E-state index in [2.05, 4.69) is 5.16 Å². The first kappa shape index (κ1) is 14.6. The smallest absolute Gasteiger partial charge is 0.400 e. The van der Waals surface area contributed by atoms with Gasteiger partial charge in [-0.1, -0.05) is 23.4 Å². The predicted molar refractivity (Wildman–Crippen MR) is 79.3 cm³/mol. The maximum absolute atomic E-state index is 11.5. The van der Waals surface area contributed by atoms with Crippen LogP contribution in [0, 0.1) is 0 Å². The largest absolute Gasteiger partial charge is 0.497 e. The minimum absolute atomic E-state index is 0.116. The molecule has 0 radical (unpaired) electrons. The van der Waals surface area contributed by atoms with Gasteiger partial charge < -0.3 is 14.0 Å². The summed E-state index contributed by atoms with van der Waals surface area (Å²) in [5.41, 5.74) is 1.55. The highest BCUT2D eigenvalue weighted by Gasteiger charge is 2.09. The van der Waals surface area contributed by atoms with E-state index in [0.29, 0.717) is 5.71 Å². The fraction of sp³-hybridized carbons (Fsp3) is 0.125. The van der Waals surface area contributed by atoms with E-state index in [9.17, 15) is 4.79 Å². The van der Waals surface area contributed by atoms with Gasteiger partial charge in [-0.25, -0.2) is 4.79 Å². The lowest BCUT2D eigenvalue weighted by atomic mass is 10.2. The van der Waals surface area contributed by atoms with Gasteiger partial charge in [0.25, 0.3) is 0 Å². The Morgan fingerprint density at radius 2 is 2.00 bits per heavy atom. The van der Waals surface area contributed by atoms with Gasteiger partial charge >= 0.3 is 5.97 Å². The van der Waals surface area contributed by atoms with Crippen molar-refractivity contribution in [1.29, 1.82) is 0 Å². The van der Waals surface area contributed by atoms with Gasteiger partial charge in [-0.3, -0.25) is 0 Å². The molecule has 1 heterocycles. The number of hydrogen-bond acceptors (Lipinski definition) is 5. The van der Waals surface area contributed by atoms with Gasteiger partial charge in [-0.15, -0.1) is 0 Å². The van der Waals surface area contributed by atoms with Crippen molar-refractivity contribution in [2.75, 3.05) is 7.11 Å². The minimum Gasteiger partial charge on any atom is -0.497 e. The van der Waals surface area contributed by atoms with Crippen molar-refractivity contribution in [1.82, 2.24) is 0 Å². The molecule has 5 nitrogen and oxygen atoms in total. The summed E-state index contributed by atoms with van der Waals surface area (Å²) in [5, 5.41) is 3.72. The average Bonchev–Trinajstić information content (AvgIpc) is 3.05. The summed E-state index contributed by atoms with van der Waals surface area (Å²) in [5.74, 6) is 0.285. The standard InChI is InChI=1S/C16H15NO4/c1-12(17-21-16(18)15-4-3-11-20-15)5-6-13-7-9-14(19-2)10-8-13/h3-11H,1-2H3/b6-5+,17-12+. The molecule has 0 saturated heterocycles. The number of nitrogens with zero attached hydrogens (tertiary/aromatic N) is 1. The Bertz CT molecular complexity index is 639. The van der Waals surface area contributed by atoms with Gasteiger partial charge in [0.05, 0.1) is 19.1 Å². The van der Waals surface area contributed by atoms with E-state index in [0.717, 1.165) is 11.3 Å². The second-order valence-electron chi connectivity index (χ2n) is 4.20. The fourth-order valence-electron chi connectivity index (χ4n) is 1.52. The third-order valence-electron chi connectivity index (χ3n) is 2.63. The van der Waals surface area contributed by atoms with Crippen LogP contribution in [0.1, 0.15) is 23.0 Å². The molecule has 0 N–H and O–H groups in total. The molecule has 0 bridgehead atoms. The first-order valence-corrected chi connectivity index (χ1v) is 6.30. The van der Waals surface area contributed by atoms with Crippen molar-refractivity contribution in [3.05, 3.63) is 60.1 Å². The molecule has 0 aliphatic rings. The first-order valence-electron chi connectivity index (χ1n) is 6.30. The zero-order chi connectivity index (χ0) is 15.1. The van der Waals surface area contributed by atoms with Crippen LogP contribution in [-0.4, -0.2) is 18.8 Å². The number of carbonyl (C=O) groups excluding carboxylic acids is 1. The number of rotatable bonds is 5. The van der Waals surface area contributed by atoms with Crippen LogP contribution in [0.25, 0.3) is 6.08 Å². The maximum atomic E-state index is 11.5. The van der Waals surface area contributed by atoms with Crippen molar-refractivity contribution in [3.63, 3.8) is 0 Å². The van der Waals surface area contributed by atoms with Crippen molar-refractivity contribution >= 4 is 17.8 Å².